The highest BCUT2D eigenvalue weighted by Crippen LogP contribution is 2.26. The summed E-state index contributed by atoms with van der Waals surface area (Å²) >= 11 is 6.19. The van der Waals surface area contributed by atoms with Crippen molar-refractivity contribution in [2.75, 3.05) is 0 Å². The molecular formula is C16H11ClN2. The smallest absolute Gasteiger partial charge is 0.0725 e. The summed E-state index contributed by atoms with van der Waals surface area (Å²) in [6, 6.07) is 17.6. The second-order valence-electron chi connectivity index (χ2n) is 4.16. The number of aromatic nitrogens is 2. The Hall–Kier alpha value is -2.19. The van der Waals surface area contributed by atoms with Gasteiger partial charge in [-0.1, -0.05) is 41.9 Å². The molecule has 0 N–H and O–H groups in total. The minimum Gasteiger partial charge on any atom is -0.265 e. The van der Waals surface area contributed by atoms with E-state index in [1.54, 1.807) is 12.4 Å². The summed E-state index contributed by atoms with van der Waals surface area (Å²) in [5, 5.41) is 0.681. The Morgan fingerprint density at radius 2 is 1.32 bits per heavy atom. The van der Waals surface area contributed by atoms with Crippen molar-refractivity contribution >= 4 is 11.6 Å². The predicted octanol–water partition coefficient (Wildman–Crippen LogP) is 4.46. The van der Waals surface area contributed by atoms with Crippen LogP contribution in [-0.4, -0.2) is 9.97 Å². The monoisotopic (exact) mass is 266 g/mol. The Bertz CT molecular complexity index is 624. The third-order valence-corrected chi connectivity index (χ3v) is 3.05. The van der Waals surface area contributed by atoms with Crippen LogP contribution in [0.2, 0.25) is 5.02 Å². The van der Waals surface area contributed by atoms with Crippen LogP contribution in [0.1, 0.15) is 0 Å². The molecule has 0 fully saturated rings. The van der Waals surface area contributed by atoms with Gasteiger partial charge in [-0.3, -0.25) is 4.98 Å². The van der Waals surface area contributed by atoms with Crippen LogP contribution in [0.5, 0.6) is 0 Å². The Morgan fingerprint density at radius 3 is 1.95 bits per heavy atom. The summed E-state index contributed by atoms with van der Waals surface area (Å²) in [4.78, 5) is 8.67. The summed E-state index contributed by atoms with van der Waals surface area (Å²) in [5.74, 6) is 0. The van der Waals surface area contributed by atoms with Gasteiger partial charge in [-0.25, -0.2) is 4.98 Å². The molecule has 0 amide bonds. The third-order valence-electron chi connectivity index (χ3n) is 2.84. The lowest BCUT2D eigenvalue weighted by Crippen LogP contribution is -1.88. The first-order valence-electron chi connectivity index (χ1n) is 5.96. The van der Waals surface area contributed by atoms with Gasteiger partial charge in [0.25, 0.3) is 0 Å². The molecule has 0 unspecified atom stereocenters. The molecule has 0 aliphatic carbocycles. The van der Waals surface area contributed by atoms with E-state index in [1.807, 2.05) is 54.6 Å². The molecular weight excluding hydrogens is 256 g/mol. The van der Waals surface area contributed by atoms with Crippen LogP contribution >= 0.6 is 11.6 Å². The van der Waals surface area contributed by atoms with Gasteiger partial charge in [-0.15, -0.1) is 0 Å². The van der Waals surface area contributed by atoms with E-state index < -0.39 is 0 Å². The van der Waals surface area contributed by atoms with Crippen LogP contribution in [0.3, 0.4) is 0 Å². The maximum absolute atomic E-state index is 6.19. The molecule has 2 heterocycles. The molecule has 0 bridgehead atoms. The lowest BCUT2D eigenvalue weighted by molar-refractivity contribution is 1.29. The standard InChI is InChI=1S/C16H11ClN2/c17-14-10-15(12-4-2-1-3-5-12)19-16(11-14)13-6-8-18-9-7-13/h1-11H. The van der Waals surface area contributed by atoms with Crippen molar-refractivity contribution in [3.05, 3.63) is 72.0 Å². The molecule has 0 radical (unpaired) electrons. The van der Waals surface area contributed by atoms with Crippen molar-refractivity contribution in [3.63, 3.8) is 0 Å². The Morgan fingerprint density at radius 1 is 0.737 bits per heavy atom. The van der Waals surface area contributed by atoms with Crippen LogP contribution in [0.25, 0.3) is 22.5 Å². The lowest BCUT2D eigenvalue weighted by atomic mass is 10.1. The van der Waals surface area contributed by atoms with E-state index >= 15 is 0 Å². The molecule has 19 heavy (non-hydrogen) atoms. The molecule has 2 nitrogen and oxygen atoms in total. The second kappa shape index (κ2) is 5.21. The van der Waals surface area contributed by atoms with Gasteiger partial charge in [0.15, 0.2) is 0 Å². The molecule has 0 spiro atoms. The van der Waals surface area contributed by atoms with Gasteiger partial charge >= 0.3 is 0 Å². The van der Waals surface area contributed by atoms with E-state index in [0.29, 0.717) is 5.02 Å². The minimum atomic E-state index is 0.681. The Balaban J connectivity index is 2.12. The van der Waals surface area contributed by atoms with E-state index in [9.17, 15) is 0 Å². The maximum atomic E-state index is 6.19. The van der Waals surface area contributed by atoms with Crippen LogP contribution in [0.15, 0.2) is 67.0 Å². The van der Waals surface area contributed by atoms with Gasteiger partial charge in [0.1, 0.15) is 0 Å². The molecule has 0 aliphatic rings. The topological polar surface area (TPSA) is 25.8 Å². The molecule has 92 valence electrons. The van der Waals surface area contributed by atoms with Crippen LogP contribution < -0.4 is 0 Å². The number of pyridine rings is 2. The second-order valence-corrected chi connectivity index (χ2v) is 4.59. The van der Waals surface area contributed by atoms with Crippen molar-refractivity contribution in [2.45, 2.75) is 0 Å². The van der Waals surface area contributed by atoms with Crippen molar-refractivity contribution in [1.29, 1.82) is 0 Å². The highest BCUT2D eigenvalue weighted by molar-refractivity contribution is 6.31. The fraction of sp³-hybridized carbons (Fsp3) is 0. The summed E-state index contributed by atoms with van der Waals surface area (Å²) < 4.78 is 0. The summed E-state index contributed by atoms with van der Waals surface area (Å²) in [7, 11) is 0. The van der Waals surface area contributed by atoms with E-state index in [1.165, 1.54) is 0 Å². The van der Waals surface area contributed by atoms with E-state index in [4.69, 9.17) is 11.6 Å². The number of hydrogen-bond donors (Lipinski definition) is 0. The number of halogens is 1. The van der Waals surface area contributed by atoms with Crippen molar-refractivity contribution in [1.82, 2.24) is 9.97 Å². The maximum Gasteiger partial charge on any atom is 0.0725 e. The van der Waals surface area contributed by atoms with E-state index in [0.717, 1.165) is 22.5 Å². The SMILES string of the molecule is Clc1cc(-c2ccccc2)nc(-c2ccncc2)c1. The van der Waals surface area contributed by atoms with Gasteiger partial charge in [0.05, 0.1) is 11.4 Å². The number of nitrogens with zero attached hydrogens (tertiary/aromatic N) is 2. The van der Waals surface area contributed by atoms with Gasteiger partial charge < -0.3 is 0 Å². The third kappa shape index (κ3) is 2.64. The van der Waals surface area contributed by atoms with Gasteiger partial charge in [-0.05, 0) is 24.3 Å². The van der Waals surface area contributed by atoms with Crippen LogP contribution in [0.4, 0.5) is 0 Å². The summed E-state index contributed by atoms with van der Waals surface area (Å²) in [6.45, 7) is 0. The molecule has 2 aromatic heterocycles. The fourth-order valence-electron chi connectivity index (χ4n) is 1.92. The van der Waals surface area contributed by atoms with Crippen LogP contribution in [-0.2, 0) is 0 Å². The summed E-state index contributed by atoms with van der Waals surface area (Å²) in [6.07, 6.45) is 3.50. The number of rotatable bonds is 2. The van der Waals surface area contributed by atoms with Crippen molar-refractivity contribution < 1.29 is 0 Å². The summed E-state index contributed by atoms with van der Waals surface area (Å²) in [5.41, 5.74) is 3.80. The molecule has 3 heteroatoms. The lowest BCUT2D eigenvalue weighted by Gasteiger charge is -2.06. The normalized spacial score (nSPS) is 10.4. The van der Waals surface area contributed by atoms with Gasteiger partial charge in [0.2, 0.25) is 0 Å². The molecule has 0 saturated carbocycles. The minimum absolute atomic E-state index is 0.681. The molecule has 1 aromatic carbocycles. The molecule has 0 saturated heterocycles. The van der Waals surface area contributed by atoms with E-state index in [2.05, 4.69) is 9.97 Å². The molecule has 0 atom stereocenters. The Labute approximate surface area is 116 Å². The predicted molar refractivity (Wildman–Crippen MR) is 77.9 cm³/mol. The first kappa shape index (κ1) is 11.9. The van der Waals surface area contributed by atoms with Gasteiger partial charge in [0, 0.05) is 28.5 Å². The molecule has 0 aliphatic heterocycles. The first-order chi connectivity index (χ1) is 9.33. The highest BCUT2D eigenvalue weighted by Gasteiger charge is 2.05. The largest absolute Gasteiger partial charge is 0.265 e. The zero-order chi connectivity index (χ0) is 13.1. The Kier molecular flexibility index (Phi) is 3.25. The van der Waals surface area contributed by atoms with Crippen molar-refractivity contribution in [3.8, 4) is 22.5 Å². The quantitative estimate of drug-likeness (QED) is 0.684. The van der Waals surface area contributed by atoms with Crippen molar-refractivity contribution in [2.24, 2.45) is 0 Å². The number of benzene rings is 1. The average molecular weight is 267 g/mol. The number of hydrogen-bond acceptors (Lipinski definition) is 2. The van der Waals surface area contributed by atoms with Gasteiger partial charge in [-0.2, -0.15) is 0 Å². The molecule has 3 rings (SSSR count). The fourth-order valence-corrected chi connectivity index (χ4v) is 2.13. The van der Waals surface area contributed by atoms with E-state index in [-0.39, 0.29) is 0 Å². The highest BCUT2D eigenvalue weighted by atomic mass is 35.5. The molecule has 3 aromatic rings. The first-order valence-corrected chi connectivity index (χ1v) is 6.34. The zero-order valence-corrected chi connectivity index (χ0v) is 10.9. The zero-order valence-electron chi connectivity index (χ0n) is 10.1. The average Bonchev–Trinajstić information content (AvgIpc) is 2.48. The van der Waals surface area contributed by atoms with Crippen LogP contribution in [0, 0.1) is 0 Å².